The summed E-state index contributed by atoms with van der Waals surface area (Å²) in [5.41, 5.74) is 0. The molecule has 0 aliphatic rings. The quantitative estimate of drug-likeness (QED) is 0.557. The molecule has 0 amide bonds. The summed E-state index contributed by atoms with van der Waals surface area (Å²) in [6.45, 7) is 5.97. The molecular formula is C6H15BO2. The molecule has 0 fully saturated rings. The molecule has 2 nitrogen and oxygen atoms in total. The molecule has 9 heavy (non-hydrogen) atoms. The predicted molar refractivity (Wildman–Crippen MR) is 39.1 cm³/mol. The Kier molecular flexibility index (Phi) is 3.90. The van der Waals surface area contributed by atoms with E-state index in [1.807, 2.05) is 6.92 Å². The van der Waals surface area contributed by atoms with Gasteiger partial charge in [0.05, 0.1) is 0 Å². The molecule has 3 heteroatoms. The summed E-state index contributed by atoms with van der Waals surface area (Å²) in [5, 5.41) is 17.3. The van der Waals surface area contributed by atoms with E-state index in [2.05, 4.69) is 13.8 Å². The third-order valence-corrected chi connectivity index (χ3v) is 1.35. The van der Waals surface area contributed by atoms with Crippen molar-refractivity contribution in [2.24, 2.45) is 5.92 Å². The van der Waals surface area contributed by atoms with Crippen molar-refractivity contribution in [1.82, 2.24) is 0 Å². The molecule has 0 heterocycles. The Bertz CT molecular complexity index is 73.5. The van der Waals surface area contributed by atoms with Gasteiger partial charge in [-0.05, 0) is 18.2 Å². The lowest BCUT2D eigenvalue weighted by Gasteiger charge is -2.11. The van der Waals surface area contributed by atoms with E-state index in [-0.39, 0.29) is 5.82 Å². The molecule has 0 bridgehead atoms. The first-order valence-electron chi connectivity index (χ1n) is 3.40. The fourth-order valence-electron chi connectivity index (χ4n) is 0.865. The lowest BCUT2D eigenvalue weighted by atomic mass is 9.70. The summed E-state index contributed by atoms with van der Waals surface area (Å²) in [6.07, 6.45) is 0.873. The van der Waals surface area contributed by atoms with Crippen molar-refractivity contribution < 1.29 is 10.0 Å². The van der Waals surface area contributed by atoms with Gasteiger partial charge in [0.25, 0.3) is 0 Å². The zero-order chi connectivity index (χ0) is 7.44. The lowest BCUT2D eigenvalue weighted by Crippen LogP contribution is -2.18. The van der Waals surface area contributed by atoms with E-state index >= 15 is 0 Å². The molecule has 0 spiro atoms. The van der Waals surface area contributed by atoms with Crippen LogP contribution in [-0.4, -0.2) is 17.2 Å². The third kappa shape index (κ3) is 4.49. The number of hydrogen-bond donors (Lipinski definition) is 2. The molecule has 0 unspecified atom stereocenters. The van der Waals surface area contributed by atoms with Crippen LogP contribution in [0.4, 0.5) is 0 Å². The highest BCUT2D eigenvalue weighted by atomic mass is 16.4. The van der Waals surface area contributed by atoms with Crippen LogP contribution >= 0.6 is 0 Å². The summed E-state index contributed by atoms with van der Waals surface area (Å²) < 4.78 is 0. The molecule has 0 saturated heterocycles. The van der Waals surface area contributed by atoms with E-state index in [9.17, 15) is 0 Å². The average Bonchev–Trinajstić information content (AvgIpc) is 1.63. The summed E-state index contributed by atoms with van der Waals surface area (Å²) in [6, 6.07) is 0. The Labute approximate surface area is 57.0 Å². The summed E-state index contributed by atoms with van der Waals surface area (Å²) >= 11 is 0. The number of hydrogen-bond acceptors (Lipinski definition) is 2. The minimum atomic E-state index is -1.15. The van der Waals surface area contributed by atoms with Gasteiger partial charge in [-0.3, -0.25) is 0 Å². The molecule has 0 aromatic rings. The molecule has 2 N–H and O–H groups in total. The van der Waals surface area contributed by atoms with Crippen LogP contribution in [0.15, 0.2) is 0 Å². The largest absolute Gasteiger partial charge is 0.454 e. The first-order valence-corrected chi connectivity index (χ1v) is 3.40. The van der Waals surface area contributed by atoms with Crippen molar-refractivity contribution in [3.8, 4) is 0 Å². The summed E-state index contributed by atoms with van der Waals surface area (Å²) in [5.74, 6) is 0.548. The van der Waals surface area contributed by atoms with E-state index in [4.69, 9.17) is 10.0 Å². The van der Waals surface area contributed by atoms with Crippen LogP contribution in [0.1, 0.15) is 27.2 Å². The third-order valence-electron chi connectivity index (χ3n) is 1.35. The lowest BCUT2D eigenvalue weighted by molar-refractivity contribution is 0.373. The van der Waals surface area contributed by atoms with Crippen molar-refractivity contribution in [2.45, 2.75) is 33.0 Å². The molecule has 0 aromatic carbocycles. The average molecular weight is 130 g/mol. The van der Waals surface area contributed by atoms with Gasteiger partial charge >= 0.3 is 7.12 Å². The molecule has 0 saturated carbocycles. The van der Waals surface area contributed by atoms with Gasteiger partial charge in [0.1, 0.15) is 0 Å². The van der Waals surface area contributed by atoms with Crippen molar-refractivity contribution in [2.75, 3.05) is 0 Å². The van der Waals surface area contributed by atoms with Gasteiger partial charge in [0.15, 0.2) is 0 Å². The first-order chi connectivity index (χ1) is 4.04. The van der Waals surface area contributed by atoms with Crippen molar-refractivity contribution in [3.05, 3.63) is 0 Å². The first kappa shape index (κ1) is 8.98. The second kappa shape index (κ2) is 3.91. The van der Waals surface area contributed by atoms with Crippen LogP contribution in [-0.2, 0) is 0 Å². The Hall–Kier alpha value is -0.0151. The van der Waals surface area contributed by atoms with Crippen molar-refractivity contribution in [1.29, 1.82) is 0 Å². The second-order valence-corrected chi connectivity index (χ2v) is 3.02. The molecular weight excluding hydrogens is 115 g/mol. The minimum Gasteiger partial charge on any atom is -0.427 e. The molecule has 0 aliphatic carbocycles. The maximum absolute atomic E-state index is 8.63. The summed E-state index contributed by atoms with van der Waals surface area (Å²) in [4.78, 5) is 0. The van der Waals surface area contributed by atoms with E-state index in [0.29, 0.717) is 5.92 Å². The van der Waals surface area contributed by atoms with Gasteiger partial charge in [-0.25, -0.2) is 0 Å². The predicted octanol–water partition coefficient (Wildman–Crippen LogP) is 0.895. The topological polar surface area (TPSA) is 40.5 Å². The molecule has 0 aromatic heterocycles. The normalized spacial score (nSPS) is 14.0. The Balaban J connectivity index is 3.38. The highest BCUT2D eigenvalue weighted by Gasteiger charge is 2.18. The van der Waals surface area contributed by atoms with Crippen LogP contribution in [0.3, 0.4) is 0 Å². The van der Waals surface area contributed by atoms with Crippen LogP contribution in [0.25, 0.3) is 0 Å². The molecule has 0 rings (SSSR count). The SMILES string of the molecule is CC(C)C[C@H](C)B(O)O. The van der Waals surface area contributed by atoms with Crippen LogP contribution in [0.2, 0.25) is 5.82 Å². The van der Waals surface area contributed by atoms with Gasteiger partial charge in [-0.15, -0.1) is 0 Å². The minimum absolute atomic E-state index is 0.00463. The van der Waals surface area contributed by atoms with Gasteiger partial charge in [-0.2, -0.15) is 0 Å². The fraction of sp³-hybridized carbons (Fsp3) is 1.00. The van der Waals surface area contributed by atoms with Crippen molar-refractivity contribution >= 4 is 7.12 Å². The van der Waals surface area contributed by atoms with E-state index in [0.717, 1.165) is 6.42 Å². The molecule has 1 atom stereocenters. The van der Waals surface area contributed by atoms with Crippen molar-refractivity contribution in [3.63, 3.8) is 0 Å². The smallest absolute Gasteiger partial charge is 0.427 e. The van der Waals surface area contributed by atoms with E-state index in [1.165, 1.54) is 0 Å². The zero-order valence-electron chi connectivity index (χ0n) is 6.33. The fourth-order valence-corrected chi connectivity index (χ4v) is 0.865. The van der Waals surface area contributed by atoms with Gasteiger partial charge in [0, 0.05) is 0 Å². The maximum Gasteiger partial charge on any atom is 0.454 e. The van der Waals surface area contributed by atoms with Crippen LogP contribution in [0, 0.1) is 5.92 Å². The standard InChI is InChI=1S/C6H15BO2/c1-5(2)4-6(3)7(8)9/h5-6,8-9H,4H2,1-3H3/t6-/m0/s1. The second-order valence-electron chi connectivity index (χ2n) is 3.02. The van der Waals surface area contributed by atoms with Crippen LogP contribution < -0.4 is 0 Å². The van der Waals surface area contributed by atoms with Gasteiger partial charge in [0.2, 0.25) is 0 Å². The zero-order valence-corrected chi connectivity index (χ0v) is 6.33. The summed E-state index contributed by atoms with van der Waals surface area (Å²) in [7, 11) is -1.15. The van der Waals surface area contributed by atoms with E-state index < -0.39 is 7.12 Å². The Morgan fingerprint density at radius 2 is 1.67 bits per heavy atom. The highest BCUT2D eigenvalue weighted by molar-refractivity contribution is 6.42. The Morgan fingerprint density at radius 1 is 1.22 bits per heavy atom. The number of rotatable bonds is 3. The highest BCUT2D eigenvalue weighted by Crippen LogP contribution is 2.16. The molecule has 0 aliphatic heterocycles. The molecule has 0 radical (unpaired) electrons. The maximum atomic E-state index is 8.63. The van der Waals surface area contributed by atoms with Gasteiger partial charge in [-0.1, -0.05) is 20.8 Å². The van der Waals surface area contributed by atoms with Gasteiger partial charge < -0.3 is 10.0 Å². The monoisotopic (exact) mass is 130 g/mol. The molecule has 54 valence electrons. The van der Waals surface area contributed by atoms with E-state index in [1.54, 1.807) is 0 Å². The van der Waals surface area contributed by atoms with Crippen LogP contribution in [0.5, 0.6) is 0 Å². The Morgan fingerprint density at radius 3 is 1.78 bits per heavy atom.